The van der Waals surface area contributed by atoms with Crippen LogP contribution in [0.5, 0.6) is 11.5 Å². The normalized spacial score (nSPS) is 11.8. The lowest BCUT2D eigenvalue weighted by Crippen LogP contribution is -2.31. The number of nitrogens with zero attached hydrogens (tertiary/aromatic N) is 1. The van der Waals surface area contributed by atoms with E-state index in [0.717, 1.165) is 37.3 Å². The molecule has 0 aliphatic carbocycles. The Morgan fingerprint density at radius 2 is 1.64 bits per heavy atom. The molecule has 0 saturated carbocycles. The molecule has 0 atom stereocenters. The van der Waals surface area contributed by atoms with Crippen LogP contribution in [0.25, 0.3) is 0 Å². The summed E-state index contributed by atoms with van der Waals surface area (Å²) in [4.78, 5) is -0.0455. The first-order chi connectivity index (χ1) is 13.3. The van der Waals surface area contributed by atoms with E-state index in [0.29, 0.717) is 11.6 Å². The van der Waals surface area contributed by atoms with Crippen LogP contribution in [0.3, 0.4) is 0 Å². The number of hydrogen-bond donors (Lipinski definition) is 2. The minimum absolute atomic E-state index is 0.0455. The van der Waals surface area contributed by atoms with E-state index >= 15 is 0 Å². The average Bonchev–Trinajstić information content (AvgIpc) is 2.65. The second-order valence-corrected chi connectivity index (χ2v) is 9.26. The Bertz CT molecular complexity index is 870. The van der Waals surface area contributed by atoms with Gasteiger partial charge in [-0.1, -0.05) is 62.8 Å². The summed E-state index contributed by atoms with van der Waals surface area (Å²) in [7, 11) is -3.83. The minimum atomic E-state index is -3.83. The number of hydrogen-bond acceptors (Lipinski definition) is 4. The van der Waals surface area contributed by atoms with Crippen LogP contribution in [0, 0.1) is 0 Å². The number of halogens is 1. The van der Waals surface area contributed by atoms with Crippen molar-refractivity contribution in [2.75, 3.05) is 6.54 Å². The second kappa shape index (κ2) is 10.7. The number of rotatable bonds is 11. The Balaban J connectivity index is 2.19. The molecule has 5 nitrogen and oxygen atoms in total. The molecule has 0 aromatic heterocycles. The molecule has 2 N–H and O–H groups in total. The van der Waals surface area contributed by atoms with Gasteiger partial charge in [0.1, 0.15) is 0 Å². The van der Waals surface area contributed by atoms with Crippen LogP contribution in [-0.4, -0.2) is 29.5 Å². The van der Waals surface area contributed by atoms with Gasteiger partial charge in [0.15, 0.2) is 11.5 Å². The molecular formula is C21H28ClNO4S. The first-order valence-corrected chi connectivity index (χ1v) is 11.4. The Kier molecular flexibility index (Phi) is 8.60. The van der Waals surface area contributed by atoms with Crippen LogP contribution in [0.15, 0.2) is 47.4 Å². The van der Waals surface area contributed by atoms with Crippen LogP contribution in [0.2, 0.25) is 5.02 Å². The fourth-order valence-corrected chi connectivity index (χ4v) is 4.70. The van der Waals surface area contributed by atoms with E-state index in [4.69, 9.17) is 11.6 Å². The molecule has 7 heteroatoms. The molecule has 0 saturated heterocycles. The van der Waals surface area contributed by atoms with E-state index in [1.807, 2.05) is 6.07 Å². The van der Waals surface area contributed by atoms with E-state index in [9.17, 15) is 18.6 Å². The summed E-state index contributed by atoms with van der Waals surface area (Å²) in [5.74, 6) is -0.806. The first-order valence-electron chi connectivity index (χ1n) is 9.61. The van der Waals surface area contributed by atoms with Gasteiger partial charge >= 0.3 is 0 Å². The molecule has 2 aromatic rings. The largest absolute Gasteiger partial charge is 0.504 e. The molecule has 154 valence electrons. The topological polar surface area (TPSA) is 77.8 Å². The van der Waals surface area contributed by atoms with Gasteiger partial charge in [-0.05, 0) is 36.2 Å². The number of unbranched alkanes of at least 4 members (excludes halogenated alkanes) is 5. The lowest BCUT2D eigenvalue weighted by atomic mass is 10.1. The standard InChI is InChI=1S/C21H28ClNO4S/c1-2-3-4-5-6-7-13-23(16-17-9-8-10-18(22)14-17)28(26,27)19-11-12-20(24)21(25)15-19/h8-12,14-15,24-25H,2-7,13,16H2,1H3. The number of aromatic hydroxyl groups is 2. The number of phenolic OH excluding ortho intramolecular Hbond substituents is 2. The molecule has 0 aliphatic rings. The molecular weight excluding hydrogens is 398 g/mol. The summed E-state index contributed by atoms with van der Waals surface area (Å²) >= 11 is 6.04. The monoisotopic (exact) mass is 425 g/mol. The van der Waals surface area contributed by atoms with Gasteiger partial charge in [0.05, 0.1) is 4.90 Å². The van der Waals surface area contributed by atoms with Crippen molar-refractivity contribution in [1.82, 2.24) is 4.31 Å². The van der Waals surface area contributed by atoms with Crippen LogP contribution in [-0.2, 0) is 16.6 Å². The molecule has 0 radical (unpaired) electrons. The quantitative estimate of drug-likeness (QED) is 0.378. The summed E-state index contributed by atoms with van der Waals surface area (Å²) in [6.07, 6.45) is 6.31. The number of benzene rings is 2. The van der Waals surface area contributed by atoms with E-state index in [2.05, 4.69) is 6.92 Å². The van der Waals surface area contributed by atoms with Gasteiger partial charge in [-0.15, -0.1) is 0 Å². The molecule has 28 heavy (non-hydrogen) atoms. The molecule has 2 rings (SSSR count). The van der Waals surface area contributed by atoms with Gasteiger partial charge in [0.2, 0.25) is 10.0 Å². The van der Waals surface area contributed by atoms with Crippen LogP contribution < -0.4 is 0 Å². The molecule has 0 bridgehead atoms. The average molecular weight is 426 g/mol. The zero-order valence-corrected chi connectivity index (χ0v) is 17.7. The van der Waals surface area contributed by atoms with Crippen molar-refractivity contribution in [3.63, 3.8) is 0 Å². The lowest BCUT2D eigenvalue weighted by Gasteiger charge is -2.23. The highest BCUT2D eigenvalue weighted by Gasteiger charge is 2.25. The first kappa shape index (κ1) is 22.5. The fraction of sp³-hybridized carbons (Fsp3) is 0.429. The maximum atomic E-state index is 13.2. The molecule has 0 heterocycles. The zero-order valence-electron chi connectivity index (χ0n) is 16.1. The highest BCUT2D eigenvalue weighted by atomic mass is 35.5. The van der Waals surface area contributed by atoms with Gasteiger partial charge in [0.25, 0.3) is 0 Å². The summed E-state index contributed by atoms with van der Waals surface area (Å²) in [5, 5.41) is 19.8. The summed E-state index contributed by atoms with van der Waals surface area (Å²) in [6, 6.07) is 10.7. The van der Waals surface area contributed by atoms with E-state index in [1.54, 1.807) is 18.2 Å². The third-order valence-corrected chi connectivity index (χ3v) is 6.67. The van der Waals surface area contributed by atoms with E-state index < -0.39 is 15.8 Å². The van der Waals surface area contributed by atoms with Crippen molar-refractivity contribution in [2.45, 2.75) is 56.9 Å². The van der Waals surface area contributed by atoms with Crippen molar-refractivity contribution in [3.8, 4) is 11.5 Å². The van der Waals surface area contributed by atoms with Gasteiger partial charge in [0, 0.05) is 24.2 Å². The zero-order chi connectivity index (χ0) is 20.6. The number of sulfonamides is 1. The van der Waals surface area contributed by atoms with Gasteiger partial charge in [-0.3, -0.25) is 0 Å². The van der Waals surface area contributed by atoms with Crippen molar-refractivity contribution in [3.05, 3.63) is 53.1 Å². The second-order valence-electron chi connectivity index (χ2n) is 6.89. The Labute approximate surface area is 172 Å². The van der Waals surface area contributed by atoms with Crippen molar-refractivity contribution >= 4 is 21.6 Å². The third-order valence-electron chi connectivity index (χ3n) is 4.59. The highest BCUT2D eigenvalue weighted by molar-refractivity contribution is 7.89. The Hall–Kier alpha value is -1.76. The Morgan fingerprint density at radius 3 is 2.32 bits per heavy atom. The molecule has 0 unspecified atom stereocenters. The van der Waals surface area contributed by atoms with Gasteiger partial charge < -0.3 is 10.2 Å². The van der Waals surface area contributed by atoms with Gasteiger partial charge in [-0.25, -0.2) is 8.42 Å². The summed E-state index contributed by atoms with van der Waals surface area (Å²) in [5.41, 5.74) is 0.796. The number of phenols is 2. The summed E-state index contributed by atoms with van der Waals surface area (Å²) < 4.78 is 27.7. The smallest absolute Gasteiger partial charge is 0.243 e. The SMILES string of the molecule is CCCCCCCCN(Cc1cccc(Cl)c1)S(=O)(=O)c1ccc(O)c(O)c1. The van der Waals surface area contributed by atoms with Crippen LogP contribution in [0.1, 0.15) is 51.0 Å². The molecule has 0 aliphatic heterocycles. The van der Waals surface area contributed by atoms with Crippen molar-refractivity contribution in [2.24, 2.45) is 0 Å². The molecule has 2 aromatic carbocycles. The minimum Gasteiger partial charge on any atom is -0.504 e. The fourth-order valence-electron chi connectivity index (χ4n) is 3.00. The predicted molar refractivity (Wildman–Crippen MR) is 112 cm³/mol. The summed E-state index contributed by atoms with van der Waals surface area (Å²) in [6.45, 7) is 2.73. The molecule has 0 spiro atoms. The third kappa shape index (κ3) is 6.40. The molecule has 0 amide bonds. The van der Waals surface area contributed by atoms with Gasteiger partial charge in [-0.2, -0.15) is 4.31 Å². The maximum absolute atomic E-state index is 13.2. The van der Waals surface area contributed by atoms with Crippen molar-refractivity contribution < 1.29 is 18.6 Å². The van der Waals surface area contributed by atoms with Crippen molar-refractivity contribution in [1.29, 1.82) is 0 Å². The van der Waals surface area contributed by atoms with E-state index in [1.165, 1.54) is 29.3 Å². The maximum Gasteiger partial charge on any atom is 0.243 e. The Morgan fingerprint density at radius 1 is 0.929 bits per heavy atom. The van der Waals surface area contributed by atoms with Crippen LogP contribution in [0.4, 0.5) is 0 Å². The van der Waals surface area contributed by atoms with E-state index in [-0.39, 0.29) is 17.2 Å². The molecule has 0 fully saturated rings. The highest BCUT2D eigenvalue weighted by Crippen LogP contribution is 2.29. The predicted octanol–water partition coefficient (Wildman–Crippen LogP) is 5.30. The van der Waals surface area contributed by atoms with Crippen LogP contribution >= 0.6 is 11.6 Å². The lowest BCUT2D eigenvalue weighted by molar-refractivity contribution is 0.388.